The molecule has 0 radical (unpaired) electrons. The number of aromatic amines is 1. The second kappa shape index (κ2) is 8.06. The second-order valence-corrected chi connectivity index (χ2v) is 5.90. The predicted molar refractivity (Wildman–Crippen MR) is 99.3 cm³/mol. The fraction of sp³-hybridized carbons (Fsp3) is 0. The van der Waals surface area contributed by atoms with Gasteiger partial charge in [-0.05, 0) is 34.6 Å². The maximum absolute atomic E-state index is 13.3. The van der Waals surface area contributed by atoms with Crippen molar-refractivity contribution < 1.29 is 29.0 Å². The van der Waals surface area contributed by atoms with Gasteiger partial charge in [-0.2, -0.15) is 0 Å². The van der Waals surface area contributed by atoms with Crippen molar-refractivity contribution in [3.05, 3.63) is 114 Å². The van der Waals surface area contributed by atoms with Crippen molar-refractivity contribution in [2.24, 2.45) is 0 Å². The molecule has 0 bridgehead atoms. The minimum absolute atomic E-state index is 0. The Hall–Kier alpha value is -2.79. The van der Waals surface area contributed by atoms with Crippen molar-refractivity contribution in [1.82, 2.24) is 0 Å². The summed E-state index contributed by atoms with van der Waals surface area (Å²) in [5.74, 6) is -0.0110. The van der Waals surface area contributed by atoms with Gasteiger partial charge >= 0.3 is 18.9 Å². The van der Waals surface area contributed by atoms with Crippen molar-refractivity contribution in [2.45, 2.75) is 0 Å². The molecule has 3 aromatic carbocycles. The van der Waals surface area contributed by atoms with Crippen LogP contribution >= 0.6 is 0 Å². The molecule has 3 heteroatoms. The summed E-state index contributed by atoms with van der Waals surface area (Å²) in [7, 11) is 0. The summed E-state index contributed by atoms with van der Waals surface area (Å²) in [4.78, 5) is 3.28. The summed E-state index contributed by atoms with van der Waals surface area (Å²) in [6.07, 6.45) is 0. The van der Waals surface area contributed by atoms with E-state index >= 15 is 0 Å². The number of aromatic nitrogens is 1. The molecule has 0 aliphatic heterocycles. The predicted octanol–water partition coefficient (Wildman–Crippen LogP) is 0.935. The van der Waals surface area contributed by atoms with Gasteiger partial charge in [-0.25, -0.2) is 4.98 Å². The van der Waals surface area contributed by atoms with E-state index in [0.717, 1.165) is 22.0 Å². The van der Waals surface area contributed by atoms with Crippen molar-refractivity contribution in [2.75, 3.05) is 0 Å². The van der Waals surface area contributed by atoms with Gasteiger partial charge in [0.15, 0.2) is 5.69 Å². The van der Waals surface area contributed by atoms with Crippen LogP contribution in [0.15, 0.2) is 97.1 Å². The maximum atomic E-state index is 13.3. The van der Waals surface area contributed by atoms with E-state index in [4.69, 9.17) is 0 Å². The number of nitrogens with one attached hydrogen (secondary N) is 1. The Morgan fingerprint density at radius 2 is 1.15 bits per heavy atom. The number of fused-ring (bicyclic) bond motifs is 1. The van der Waals surface area contributed by atoms with Crippen LogP contribution in [-0.2, 0) is 0 Å². The topological polar surface area (TPSA) is 37.2 Å². The molecule has 26 heavy (non-hydrogen) atoms. The first-order valence-electron chi connectivity index (χ1n) is 8.26. The third-order valence-electron chi connectivity index (χ3n) is 4.26. The molecule has 1 aromatic heterocycles. The van der Waals surface area contributed by atoms with Gasteiger partial charge in [-0.15, -0.1) is 0 Å². The van der Waals surface area contributed by atoms with Crippen molar-refractivity contribution in [3.8, 4) is 0 Å². The van der Waals surface area contributed by atoms with E-state index in [1.807, 2.05) is 97.1 Å². The zero-order valence-corrected chi connectivity index (χ0v) is 14.6. The number of hydrogen-bond acceptors (Lipinski definition) is 1. The molecule has 0 aliphatic carbocycles. The Kier molecular flexibility index (Phi) is 5.58. The van der Waals surface area contributed by atoms with Gasteiger partial charge in [-0.3, -0.25) is 0 Å². The number of benzene rings is 3. The Morgan fingerprint density at radius 3 is 1.77 bits per heavy atom. The summed E-state index contributed by atoms with van der Waals surface area (Å²) in [6, 6.07) is 31.4. The largest absolute Gasteiger partial charge is 1.00 e. The van der Waals surface area contributed by atoms with Gasteiger partial charge in [0.05, 0.1) is 0 Å². The van der Waals surface area contributed by atoms with Crippen molar-refractivity contribution >= 4 is 22.2 Å². The van der Waals surface area contributed by atoms with Crippen molar-refractivity contribution in [3.63, 3.8) is 0 Å². The molecule has 0 unspecified atom stereocenters. The van der Waals surface area contributed by atoms with Gasteiger partial charge in [0.25, 0.3) is 0 Å². The average Bonchev–Trinajstić information content (AvgIpc) is 2.69. The quantitative estimate of drug-likeness (QED) is 0.407. The number of hydrogen-bond donors (Lipinski definition) is 0. The monoisotopic (exact) mass is 330 g/mol. The van der Waals surface area contributed by atoms with Gasteiger partial charge in [0, 0.05) is 17.5 Å². The van der Waals surface area contributed by atoms with E-state index in [0.29, 0.717) is 11.3 Å². The fourth-order valence-corrected chi connectivity index (χ4v) is 3.02. The molecule has 2 nitrogen and oxygen atoms in total. The van der Waals surface area contributed by atoms with Crippen LogP contribution in [0.5, 0.6) is 0 Å². The summed E-state index contributed by atoms with van der Waals surface area (Å²) in [5.41, 5.74) is 4.07. The zero-order valence-electron chi connectivity index (χ0n) is 14.6. The Labute approximate surface area is 165 Å². The fourth-order valence-electron chi connectivity index (χ4n) is 3.02. The molecule has 1 heterocycles. The molecule has 0 saturated heterocycles. The van der Waals surface area contributed by atoms with Gasteiger partial charge in [0.2, 0.25) is 5.52 Å². The van der Waals surface area contributed by atoms with Crippen LogP contribution in [0, 0.1) is 0 Å². The summed E-state index contributed by atoms with van der Waals surface area (Å²) < 4.78 is 0. The normalized spacial score (nSPS) is 10.2. The van der Waals surface area contributed by atoms with Gasteiger partial charge in [-0.1, -0.05) is 72.8 Å². The molecular formula is C23H17LiNO+. The molecule has 0 atom stereocenters. The van der Waals surface area contributed by atoms with E-state index in [-0.39, 0.29) is 24.6 Å². The first kappa shape index (κ1) is 18.0. The molecular weight excluding hydrogens is 313 g/mol. The molecule has 0 amide bonds. The SMILES string of the molecule is [Li+].[O-]C(=C(c1ccccc1)c1ccccc1)c1ccc2ccccc2[nH+]1. The molecule has 4 aromatic rings. The van der Waals surface area contributed by atoms with E-state index in [1.54, 1.807) is 0 Å². The maximum Gasteiger partial charge on any atom is 1.00 e. The first-order chi connectivity index (χ1) is 12.3. The van der Waals surface area contributed by atoms with Gasteiger partial charge in [0.1, 0.15) is 0 Å². The van der Waals surface area contributed by atoms with Crippen LogP contribution in [0.2, 0.25) is 0 Å². The third-order valence-corrected chi connectivity index (χ3v) is 4.26. The number of H-pyrrole nitrogens is 1. The first-order valence-corrected chi connectivity index (χ1v) is 8.26. The summed E-state index contributed by atoms with van der Waals surface area (Å²) in [6.45, 7) is 0. The van der Waals surface area contributed by atoms with Crippen LogP contribution in [0.25, 0.3) is 22.2 Å². The smallest absolute Gasteiger partial charge is 0.868 e. The average molecular weight is 330 g/mol. The van der Waals surface area contributed by atoms with Crippen LogP contribution in [0.4, 0.5) is 0 Å². The van der Waals surface area contributed by atoms with Crippen LogP contribution < -0.4 is 29.0 Å². The minimum Gasteiger partial charge on any atom is -0.868 e. The second-order valence-electron chi connectivity index (χ2n) is 5.90. The molecule has 1 N–H and O–H groups in total. The number of rotatable bonds is 3. The van der Waals surface area contributed by atoms with Crippen LogP contribution in [0.3, 0.4) is 0 Å². The summed E-state index contributed by atoms with van der Waals surface area (Å²) in [5, 5.41) is 14.4. The Morgan fingerprint density at radius 1 is 0.615 bits per heavy atom. The molecule has 0 fully saturated rings. The Balaban J connectivity index is 0.00000196. The molecule has 0 aliphatic rings. The van der Waals surface area contributed by atoms with E-state index in [2.05, 4.69) is 4.98 Å². The summed E-state index contributed by atoms with van der Waals surface area (Å²) >= 11 is 0. The molecule has 0 spiro atoms. The van der Waals surface area contributed by atoms with Crippen LogP contribution in [0.1, 0.15) is 16.8 Å². The van der Waals surface area contributed by atoms with Gasteiger partial charge < -0.3 is 5.11 Å². The molecule has 0 saturated carbocycles. The van der Waals surface area contributed by atoms with E-state index in [9.17, 15) is 5.11 Å². The molecule has 4 rings (SSSR count). The molecule has 120 valence electrons. The Bertz CT molecular complexity index is 1000. The van der Waals surface area contributed by atoms with Crippen LogP contribution in [-0.4, -0.2) is 0 Å². The van der Waals surface area contributed by atoms with E-state index in [1.165, 1.54) is 0 Å². The standard InChI is InChI=1S/C23H17NO.Li/c25-23(21-16-15-17-9-7-8-14-20(17)24-21)22(18-10-3-1-4-11-18)19-12-5-2-6-13-19;/h1-16,25H;/q;+1. The number of para-hydroxylation sites is 1. The van der Waals surface area contributed by atoms with Crippen molar-refractivity contribution in [1.29, 1.82) is 0 Å². The number of pyridine rings is 1. The van der Waals surface area contributed by atoms with E-state index < -0.39 is 0 Å². The third kappa shape index (κ3) is 3.58. The zero-order chi connectivity index (χ0) is 17.1. The minimum atomic E-state index is -0.0110.